The van der Waals surface area contributed by atoms with Crippen molar-refractivity contribution in [1.29, 1.82) is 0 Å². The van der Waals surface area contributed by atoms with E-state index in [4.69, 9.17) is 39.2 Å². The summed E-state index contributed by atoms with van der Waals surface area (Å²) in [6.07, 6.45) is 0. The van der Waals surface area contributed by atoms with Crippen molar-refractivity contribution in [3.8, 4) is 0 Å². The van der Waals surface area contributed by atoms with Crippen LogP contribution < -0.4 is 9.44 Å². The molecule has 1 heterocycles. The number of para-hydroxylation sites is 1. The fourth-order valence-electron chi connectivity index (χ4n) is 3.07. The molecule has 3 aromatic carbocycles. The molecule has 0 fully saturated rings. The molecule has 0 spiro atoms. The summed E-state index contributed by atoms with van der Waals surface area (Å²) in [5.41, 5.74) is -0.577. The summed E-state index contributed by atoms with van der Waals surface area (Å²) in [6.45, 7) is 0. The molecule has 14 heteroatoms. The standard InChI is InChI=1S/C21H13Cl3N2O7S2/c22-12-5-6-16(25-34(29,30)19-9-13(21(27)28)14(23)10-15(19)24)17(8-12)26-35(31,32)20-7-11-3-1-2-4-18(11)33-20/h1-10,25-26H,(H,27,28). The smallest absolute Gasteiger partial charge is 0.337 e. The number of anilines is 2. The number of carboxylic acid groups (broad SMARTS) is 1. The lowest BCUT2D eigenvalue weighted by Gasteiger charge is -2.15. The highest BCUT2D eigenvalue weighted by Crippen LogP contribution is 2.34. The summed E-state index contributed by atoms with van der Waals surface area (Å²) in [5.74, 6) is -1.46. The Labute approximate surface area is 214 Å². The maximum Gasteiger partial charge on any atom is 0.337 e. The summed E-state index contributed by atoms with van der Waals surface area (Å²) < 4.78 is 61.8. The van der Waals surface area contributed by atoms with Crippen molar-refractivity contribution in [1.82, 2.24) is 0 Å². The molecule has 0 atom stereocenters. The van der Waals surface area contributed by atoms with Gasteiger partial charge in [-0.05, 0) is 36.4 Å². The molecular weight excluding hydrogens is 563 g/mol. The highest BCUT2D eigenvalue weighted by molar-refractivity contribution is 7.93. The van der Waals surface area contributed by atoms with Crippen LogP contribution in [0, 0.1) is 0 Å². The summed E-state index contributed by atoms with van der Waals surface area (Å²) in [6, 6.07) is 13.5. The van der Waals surface area contributed by atoms with E-state index < -0.39 is 41.6 Å². The van der Waals surface area contributed by atoms with Crippen LogP contribution in [0.2, 0.25) is 15.1 Å². The second-order valence-electron chi connectivity index (χ2n) is 7.07. The van der Waals surface area contributed by atoms with Crippen molar-refractivity contribution < 1.29 is 31.2 Å². The second-order valence-corrected chi connectivity index (χ2v) is 11.6. The maximum atomic E-state index is 13.0. The fraction of sp³-hybridized carbons (Fsp3) is 0. The number of carboxylic acids is 1. The third kappa shape index (κ3) is 5.19. The van der Waals surface area contributed by atoms with Gasteiger partial charge in [-0.15, -0.1) is 0 Å². The van der Waals surface area contributed by atoms with Crippen LogP contribution in [0.5, 0.6) is 0 Å². The molecule has 0 saturated heterocycles. The molecule has 0 bridgehead atoms. The van der Waals surface area contributed by atoms with Gasteiger partial charge in [0, 0.05) is 16.5 Å². The Hall–Kier alpha value is -2.96. The lowest BCUT2D eigenvalue weighted by molar-refractivity contribution is 0.0697. The van der Waals surface area contributed by atoms with E-state index in [0.29, 0.717) is 11.0 Å². The van der Waals surface area contributed by atoms with Crippen LogP contribution in [-0.4, -0.2) is 27.9 Å². The van der Waals surface area contributed by atoms with Crippen molar-refractivity contribution in [2.45, 2.75) is 9.99 Å². The molecule has 0 unspecified atom stereocenters. The Morgan fingerprint density at radius 2 is 1.49 bits per heavy atom. The normalized spacial score (nSPS) is 12.0. The molecule has 4 aromatic rings. The molecule has 0 aliphatic heterocycles. The highest BCUT2D eigenvalue weighted by atomic mass is 35.5. The van der Waals surface area contributed by atoms with Gasteiger partial charge in [-0.25, -0.2) is 13.2 Å². The minimum absolute atomic E-state index is 0.105. The van der Waals surface area contributed by atoms with Crippen LogP contribution in [0.3, 0.4) is 0 Å². The average Bonchev–Trinajstić information content (AvgIpc) is 3.20. The van der Waals surface area contributed by atoms with E-state index in [0.717, 1.165) is 12.1 Å². The number of rotatable bonds is 7. The first-order valence-corrected chi connectivity index (χ1v) is 13.5. The number of nitrogens with one attached hydrogen (secondary N) is 2. The Balaban J connectivity index is 1.73. The molecule has 0 saturated carbocycles. The van der Waals surface area contributed by atoms with Crippen LogP contribution in [-0.2, 0) is 20.0 Å². The molecule has 182 valence electrons. The Kier molecular flexibility index (Phi) is 6.64. The molecule has 1 aromatic heterocycles. The first-order valence-electron chi connectivity index (χ1n) is 9.43. The zero-order chi connectivity index (χ0) is 25.5. The number of hydrogen-bond donors (Lipinski definition) is 3. The zero-order valence-electron chi connectivity index (χ0n) is 17.1. The Morgan fingerprint density at radius 3 is 2.17 bits per heavy atom. The van der Waals surface area contributed by atoms with E-state index in [-0.39, 0.29) is 26.4 Å². The van der Waals surface area contributed by atoms with Crippen molar-refractivity contribution >= 4 is 83.2 Å². The van der Waals surface area contributed by atoms with Crippen LogP contribution in [0.4, 0.5) is 11.4 Å². The summed E-state index contributed by atoms with van der Waals surface area (Å²) >= 11 is 17.8. The van der Waals surface area contributed by atoms with Gasteiger partial charge in [0.15, 0.2) is 0 Å². The number of hydrogen-bond acceptors (Lipinski definition) is 6. The van der Waals surface area contributed by atoms with Crippen LogP contribution in [0.1, 0.15) is 10.4 Å². The zero-order valence-corrected chi connectivity index (χ0v) is 21.0. The predicted molar refractivity (Wildman–Crippen MR) is 133 cm³/mol. The molecule has 0 amide bonds. The molecule has 9 nitrogen and oxygen atoms in total. The van der Waals surface area contributed by atoms with Crippen LogP contribution >= 0.6 is 34.8 Å². The molecule has 3 N–H and O–H groups in total. The predicted octanol–water partition coefficient (Wildman–Crippen LogP) is 5.69. The van der Waals surface area contributed by atoms with E-state index in [9.17, 15) is 26.7 Å². The Bertz CT molecular complexity index is 1670. The molecular formula is C21H13Cl3N2O7S2. The van der Waals surface area contributed by atoms with E-state index in [1.54, 1.807) is 24.3 Å². The van der Waals surface area contributed by atoms with Crippen LogP contribution in [0.15, 0.2) is 75.1 Å². The summed E-state index contributed by atoms with van der Waals surface area (Å²) in [7, 11) is -8.80. The van der Waals surface area contributed by atoms with Crippen molar-refractivity contribution in [3.63, 3.8) is 0 Å². The van der Waals surface area contributed by atoms with Gasteiger partial charge < -0.3 is 9.52 Å². The number of carbonyl (C=O) groups is 1. The number of aromatic carboxylic acids is 1. The van der Waals surface area contributed by atoms with E-state index in [2.05, 4.69) is 9.44 Å². The van der Waals surface area contributed by atoms with Crippen LogP contribution in [0.25, 0.3) is 11.0 Å². The van der Waals surface area contributed by atoms with Gasteiger partial charge in [-0.3, -0.25) is 9.44 Å². The molecule has 0 aliphatic rings. The third-order valence-corrected chi connectivity index (χ3v) is 8.28. The topological polar surface area (TPSA) is 143 Å². The second kappa shape index (κ2) is 9.25. The lowest BCUT2D eigenvalue weighted by Crippen LogP contribution is -2.18. The molecule has 0 radical (unpaired) electrons. The minimum Gasteiger partial charge on any atom is -0.478 e. The molecule has 0 aliphatic carbocycles. The number of furan rings is 1. The van der Waals surface area contributed by atoms with Crippen molar-refractivity contribution in [2.24, 2.45) is 0 Å². The van der Waals surface area contributed by atoms with Gasteiger partial charge in [0.2, 0.25) is 5.09 Å². The SMILES string of the molecule is O=C(O)c1cc(S(=O)(=O)Nc2ccc(Cl)cc2NS(=O)(=O)c2cc3ccccc3o2)c(Cl)cc1Cl. The number of fused-ring (bicyclic) bond motifs is 1. The number of halogens is 3. The first kappa shape index (κ1) is 25.1. The van der Waals surface area contributed by atoms with Gasteiger partial charge in [0.1, 0.15) is 10.5 Å². The highest BCUT2D eigenvalue weighted by Gasteiger charge is 2.26. The van der Waals surface area contributed by atoms with Gasteiger partial charge in [-0.1, -0.05) is 53.0 Å². The number of sulfonamides is 2. The van der Waals surface area contributed by atoms with Crippen molar-refractivity contribution in [2.75, 3.05) is 9.44 Å². The van der Waals surface area contributed by atoms with Gasteiger partial charge in [-0.2, -0.15) is 8.42 Å². The van der Waals surface area contributed by atoms with Gasteiger partial charge in [0.25, 0.3) is 20.0 Å². The van der Waals surface area contributed by atoms with E-state index >= 15 is 0 Å². The maximum absolute atomic E-state index is 13.0. The van der Waals surface area contributed by atoms with E-state index in [1.807, 2.05) is 0 Å². The van der Waals surface area contributed by atoms with Gasteiger partial charge in [0.05, 0.1) is 27.0 Å². The van der Waals surface area contributed by atoms with Gasteiger partial charge >= 0.3 is 5.97 Å². The third-order valence-electron chi connectivity index (χ3n) is 4.68. The number of benzene rings is 3. The van der Waals surface area contributed by atoms with E-state index in [1.165, 1.54) is 24.3 Å². The monoisotopic (exact) mass is 574 g/mol. The largest absolute Gasteiger partial charge is 0.478 e. The summed E-state index contributed by atoms with van der Waals surface area (Å²) in [4.78, 5) is 10.8. The summed E-state index contributed by atoms with van der Waals surface area (Å²) in [5, 5.41) is 8.91. The lowest BCUT2D eigenvalue weighted by atomic mass is 10.2. The average molecular weight is 576 g/mol. The Morgan fingerprint density at radius 1 is 0.800 bits per heavy atom. The molecule has 4 rings (SSSR count). The quantitative estimate of drug-likeness (QED) is 0.257. The first-order chi connectivity index (χ1) is 16.4. The molecule has 35 heavy (non-hydrogen) atoms. The fourth-order valence-corrected chi connectivity index (χ4v) is 6.22. The minimum atomic E-state index is -4.50. The van der Waals surface area contributed by atoms with Crippen molar-refractivity contribution in [3.05, 3.63) is 81.3 Å².